The molecule has 3 heterocycles. The number of fused-ring (bicyclic) bond motifs is 1. The van der Waals surface area contributed by atoms with Crippen LogP contribution in [0.25, 0.3) is 10.9 Å². The molecule has 2 atom stereocenters. The topological polar surface area (TPSA) is 82.3 Å². The molecule has 1 N–H and O–H groups in total. The fourth-order valence-electron chi connectivity index (χ4n) is 2.71. The molecule has 9 heteroatoms. The highest BCUT2D eigenvalue weighted by molar-refractivity contribution is 5.93. The predicted octanol–water partition coefficient (Wildman–Crippen LogP) is 1.63. The summed E-state index contributed by atoms with van der Waals surface area (Å²) in [5.74, 6) is 0. The van der Waals surface area contributed by atoms with Crippen molar-refractivity contribution in [2.24, 2.45) is 0 Å². The number of hydrogen-bond donors (Lipinski definition) is 1. The second kappa shape index (κ2) is 6.22. The molecule has 1 saturated heterocycles. The van der Waals surface area contributed by atoms with Crippen molar-refractivity contribution in [3.63, 3.8) is 0 Å². The molecular weight excluding hydrogens is 325 g/mol. The first-order valence-corrected chi connectivity index (χ1v) is 7.16. The van der Waals surface area contributed by atoms with Gasteiger partial charge in [0.25, 0.3) is 0 Å². The molecule has 0 radical (unpaired) electrons. The van der Waals surface area contributed by atoms with E-state index < -0.39 is 31.5 Å². The van der Waals surface area contributed by atoms with Gasteiger partial charge in [0.1, 0.15) is 11.6 Å². The number of nitriles is 1. The number of ether oxygens (including phenoxy) is 1. The maximum absolute atomic E-state index is 13.1. The summed E-state index contributed by atoms with van der Waals surface area (Å²) < 4.78 is 44.1. The van der Waals surface area contributed by atoms with Gasteiger partial charge >= 0.3 is 6.18 Å². The normalized spacial score (nSPS) is 21.7. The van der Waals surface area contributed by atoms with E-state index in [1.165, 1.54) is 17.3 Å². The molecule has 24 heavy (non-hydrogen) atoms. The quantitative estimate of drug-likeness (QED) is 0.896. The number of hydrogen-bond acceptors (Lipinski definition) is 6. The van der Waals surface area contributed by atoms with Crippen molar-refractivity contribution < 1.29 is 23.0 Å². The van der Waals surface area contributed by atoms with Gasteiger partial charge in [-0.25, -0.2) is 4.98 Å². The molecular formula is C15H13F3N4O2. The average molecular weight is 338 g/mol. The highest BCUT2D eigenvalue weighted by Gasteiger charge is 2.46. The number of rotatable bonds is 2. The zero-order valence-corrected chi connectivity index (χ0v) is 12.4. The zero-order chi connectivity index (χ0) is 17.3. The maximum atomic E-state index is 13.1. The van der Waals surface area contributed by atoms with E-state index in [2.05, 4.69) is 9.97 Å². The van der Waals surface area contributed by atoms with Gasteiger partial charge in [0.2, 0.25) is 0 Å². The van der Waals surface area contributed by atoms with Crippen LogP contribution in [-0.2, 0) is 4.74 Å². The van der Waals surface area contributed by atoms with Crippen LogP contribution >= 0.6 is 0 Å². The van der Waals surface area contributed by atoms with Gasteiger partial charge in [-0.1, -0.05) is 0 Å². The first-order chi connectivity index (χ1) is 11.4. The number of aromatic nitrogens is 2. The third kappa shape index (κ3) is 2.98. The zero-order valence-electron chi connectivity index (χ0n) is 12.4. The summed E-state index contributed by atoms with van der Waals surface area (Å²) in [7, 11) is 0. The number of aliphatic hydroxyl groups excluding tert-OH is 1. The molecule has 6 nitrogen and oxygen atoms in total. The molecule has 3 rings (SSSR count). The van der Waals surface area contributed by atoms with Crippen LogP contribution in [0.3, 0.4) is 0 Å². The smallest absolute Gasteiger partial charge is 0.394 e. The first kappa shape index (κ1) is 16.4. The van der Waals surface area contributed by atoms with Crippen LogP contribution in [0.15, 0.2) is 24.5 Å². The Labute approximate surface area is 135 Å². The Kier molecular flexibility index (Phi) is 4.26. The lowest BCUT2D eigenvalue weighted by atomic mass is 10.1. The Morgan fingerprint density at radius 1 is 1.38 bits per heavy atom. The van der Waals surface area contributed by atoms with E-state index in [9.17, 15) is 18.3 Å². The summed E-state index contributed by atoms with van der Waals surface area (Å²) in [6, 6.07) is 5.23. The first-order valence-electron chi connectivity index (χ1n) is 7.16. The Bertz CT molecular complexity index is 790. The van der Waals surface area contributed by atoms with Crippen LogP contribution in [0.2, 0.25) is 0 Å². The molecule has 0 amide bonds. The van der Waals surface area contributed by atoms with E-state index in [0.29, 0.717) is 16.6 Å². The Balaban J connectivity index is 2.05. The van der Waals surface area contributed by atoms with Gasteiger partial charge < -0.3 is 14.7 Å². The predicted molar refractivity (Wildman–Crippen MR) is 78.3 cm³/mol. The van der Waals surface area contributed by atoms with Gasteiger partial charge in [-0.05, 0) is 12.1 Å². The summed E-state index contributed by atoms with van der Waals surface area (Å²) in [6.07, 6.45) is -4.67. The van der Waals surface area contributed by atoms with Crippen molar-refractivity contribution in [3.8, 4) is 6.07 Å². The summed E-state index contributed by atoms with van der Waals surface area (Å²) in [6.45, 7) is -0.860. The van der Waals surface area contributed by atoms with Crippen LogP contribution in [0.5, 0.6) is 0 Å². The monoisotopic (exact) mass is 338 g/mol. The van der Waals surface area contributed by atoms with Gasteiger partial charge in [0, 0.05) is 18.1 Å². The van der Waals surface area contributed by atoms with Crippen molar-refractivity contribution in [2.45, 2.75) is 18.4 Å². The van der Waals surface area contributed by atoms with E-state index in [-0.39, 0.29) is 12.2 Å². The highest BCUT2D eigenvalue weighted by atomic mass is 19.4. The van der Waals surface area contributed by atoms with Crippen molar-refractivity contribution in [2.75, 3.05) is 24.6 Å². The van der Waals surface area contributed by atoms with Gasteiger partial charge in [-0.2, -0.15) is 18.4 Å². The molecule has 1 aliphatic heterocycles. The third-order valence-electron chi connectivity index (χ3n) is 3.81. The van der Waals surface area contributed by atoms with Crippen LogP contribution in [0.1, 0.15) is 5.69 Å². The minimum atomic E-state index is -4.54. The second-order valence-electron chi connectivity index (χ2n) is 5.38. The van der Waals surface area contributed by atoms with Crippen LogP contribution < -0.4 is 4.90 Å². The van der Waals surface area contributed by atoms with E-state index in [1.54, 1.807) is 12.1 Å². The van der Waals surface area contributed by atoms with Crippen molar-refractivity contribution in [1.29, 1.82) is 5.26 Å². The minimum absolute atomic E-state index is 0.0840. The van der Waals surface area contributed by atoms with Gasteiger partial charge in [0.05, 0.1) is 31.1 Å². The fraction of sp³-hybridized carbons (Fsp3) is 0.400. The molecule has 0 unspecified atom stereocenters. The Hall–Kier alpha value is -2.44. The molecule has 0 aliphatic carbocycles. The molecule has 2 aromatic heterocycles. The molecule has 1 aliphatic rings. The summed E-state index contributed by atoms with van der Waals surface area (Å²) >= 11 is 0. The van der Waals surface area contributed by atoms with Crippen LogP contribution in [0, 0.1) is 11.3 Å². The number of halogens is 3. The Morgan fingerprint density at radius 2 is 2.17 bits per heavy atom. The standard InChI is InChI=1S/C15H13F3N4O2/c16-15(17,18)13-7-22(6-9(8-23)24-13)12-5-21-11(4-19)14-10(12)2-1-3-20-14/h1-3,5,9,13,23H,6-8H2/t9-,13+/m0/s1. The summed E-state index contributed by atoms with van der Waals surface area (Å²) in [4.78, 5) is 9.55. The highest BCUT2D eigenvalue weighted by Crippen LogP contribution is 2.33. The number of aliphatic hydroxyl groups is 1. The summed E-state index contributed by atoms with van der Waals surface area (Å²) in [5, 5.41) is 18.9. The van der Waals surface area contributed by atoms with Crippen molar-refractivity contribution in [1.82, 2.24) is 9.97 Å². The largest absolute Gasteiger partial charge is 0.416 e. The third-order valence-corrected chi connectivity index (χ3v) is 3.81. The van der Waals surface area contributed by atoms with Gasteiger partial charge in [0.15, 0.2) is 11.8 Å². The fourth-order valence-corrected chi connectivity index (χ4v) is 2.71. The van der Waals surface area contributed by atoms with Gasteiger partial charge in [-0.15, -0.1) is 0 Å². The van der Waals surface area contributed by atoms with Crippen LogP contribution in [0.4, 0.5) is 18.9 Å². The lowest BCUT2D eigenvalue weighted by molar-refractivity contribution is -0.238. The number of pyridine rings is 2. The lowest BCUT2D eigenvalue weighted by Crippen LogP contribution is -2.54. The van der Waals surface area contributed by atoms with E-state index in [1.807, 2.05) is 6.07 Å². The molecule has 0 aromatic carbocycles. The average Bonchev–Trinajstić information content (AvgIpc) is 2.59. The molecule has 2 aromatic rings. The molecule has 0 bridgehead atoms. The number of nitrogens with zero attached hydrogens (tertiary/aromatic N) is 4. The Morgan fingerprint density at radius 3 is 2.83 bits per heavy atom. The van der Waals surface area contributed by atoms with E-state index in [0.717, 1.165) is 0 Å². The maximum Gasteiger partial charge on any atom is 0.416 e. The minimum Gasteiger partial charge on any atom is -0.394 e. The second-order valence-corrected chi connectivity index (χ2v) is 5.38. The summed E-state index contributed by atoms with van der Waals surface area (Å²) in [5.41, 5.74) is 0.856. The molecule has 0 saturated carbocycles. The lowest BCUT2D eigenvalue weighted by Gasteiger charge is -2.39. The SMILES string of the molecule is N#Cc1ncc(N2C[C@@H](CO)O[C@@H](C(F)(F)F)C2)c2cccnc12. The van der Waals surface area contributed by atoms with Gasteiger partial charge in [-0.3, -0.25) is 4.98 Å². The molecule has 1 fully saturated rings. The molecule has 126 valence electrons. The van der Waals surface area contributed by atoms with E-state index in [4.69, 9.17) is 10.00 Å². The van der Waals surface area contributed by atoms with Crippen molar-refractivity contribution >= 4 is 16.6 Å². The number of morpholine rings is 1. The number of anilines is 1. The number of alkyl halides is 3. The van der Waals surface area contributed by atoms with E-state index >= 15 is 0 Å². The van der Waals surface area contributed by atoms with Crippen molar-refractivity contribution in [3.05, 3.63) is 30.2 Å². The molecule has 0 spiro atoms. The van der Waals surface area contributed by atoms with Crippen LogP contribution in [-0.4, -0.2) is 53.2 Å².